The first-order valence-corrected chi connectivity index (χ1v) is 6.70. The van der Waals surface area contributed by atoms with Crippen LogP contribution in [0.25, 0.3) is 0 Å². The molecule has 0 radical (unpaired) electrons. The molecule has 1 aromatic heterocycles. The second kappa shape index (κ2) is 6.80. The molecule has 1 heterocycles. The Morgan fingerprint density at radius 1 is 1.18 bits per heavy atom. The molecule has 116 valence electrons. The summed E-state index contributed by atoms with van der Waals surface area (Å²) in [5.74, 6) is 1.16. The summed E-state index contributed by atoms with van der Waals surface area (Å²) in [5, 5.41) is 0. The van der Waals surface area contributed by atoms with E-state index in [0.29, 0.717) is 23.6 Å². The average Bonchev–Trinajstić information content (AvgIpc) is 2.55. The van der Waals surface area contributed by atoms with Gasteiger partial charge in [-0.3, -0.25) is 9.59 Å². The lowest BCUT2D eigenvalue weighted by Crippen LogP contribution is -2.27. The molecule has 1 aromatic carbocycles. The highest BCUT2D eigenvalue weighted by atomic mass is 16.5. The summed E-state index contributed by atoms with van der Waals surface area (Å²) in [7, 11) is 4.85. The molecule has 0 atom stereocenters. The first-order valence-electron chi connectivity index (χ1n) is 6.70. The zero-order valence-electron chi connectivity index (χ0n) is 12.8. The fourth-order valence-corrected chi connectivity index (χ4v) is 2.07. The number of ether oxygens (including phenoxy) is 2. The molecule has 0 spiro atoms. The molecular weight excluding hydrogens is 284 g/mol. The molecule has 0 aliphatic heterocycles. The van der Waals surface area contributed by atoms with Gasteiger partial charge in [0.25, 0.3) is 5.91 Å². The Kier molecular flexibility index (Phi) is 4.83. The molecule has 0 bridgehead atoms. The van der Waals surface area contributed by atoms with Crippen LogP contribution in [0.2, 0.25) is 0 Å². The van der Waals surface area contributed by atoms with E-state index < -0.39 is 0 Å². The first-order chi connectivity index (χ1) is 10.5. The number of pyridine rings is 1. The minimum Gasteiger partial charge on any atom is -0.497 e. The van der Waals surface area contributed by atoms with Crippen molar-refractivity contribution in [1.29, 1.82) is 0 Å². The summed E-state index contributed by atoms with van der Waals surface area (Å²) < 4.78 is 10.5. The van der Waals surface area contributed by atoms with Gasteiger partial charge in [0.2, 0.25) is 5.56 Å². The Balaban J connectivity index is 2.17. The van der Waals surface area contributed by atoms with E-state index in [4.69, 9.17) is 9.47 Å². The molecule has 2 rings (SSSR count). The van der Waals surface area contributed by atoms with Gasteiger partial charge < -0.3 is 19.4 Å². The fourth-order valence-electron chi connectivity index (χ4n) is 2.07. The number of benzene rings is 1. The topological polar surface area (TPSA) is 71.6 Å². The maximum Gasteiger partial charge on any atom is 0.255 e. The number of H-pyrrole nitrogens is 1. The van der Waals surface area contributed by atoms with Gasteiger partial charge in [-0.1, -0.05) is 0 Å². The van der Waals surface area contributed by atoms with Crippen LogP contribution in [0, 0.1) is 0 Å². The highest BCUT2D eigenvalue weighted by Crippen LogP contribution is 2.25. The number of hydrogen-bond donors (Lipinski definition) is 1. The molecule has 1 amide bonds. The molecule has 2 aromatic rings. The Hall–Kier alpha value is -2.76. The van der Waals surface area contributed by atoms with Gasteiger partial charge >= 0.3 is 0 Å². The number of rotatable bonds is 5. The predicted molar refractivity (Wildman–Crippen MR) is 82.4 cm³/mol. The molecule has 6 nitrogen and oxygen atoms in total. The highest BCUT2D eigenvalue weighted by molar-refractivity contribution is 5.93. The Morgan fingerprint density at radius 3 is 2.55 bits per heavy atom. The van der Waals surface area contributed by atoms with Gasteiger partial charge in [0.1, 0.15) is 11.5 Å². The molecule has 0 fully saturated rings. The van der Waals surface area contributed by atoms with Crippen LogP contribution < -0.4 is 15.0 Å². The lowest BCUT2D eigenvalue weighted by atomic mass is 10.1. The van der Waals surface area contributed by atoms with E-state index in [2.05, 4.69) is 4.98 Å². The number of methoxy groups -OCH3 is 2. The third-order valence-electron chi connectivity index (χ3n) is 3.28. The van der Waals surface area contributed by atoms with E-state index in [9.17, 15) is 9.59 Å². The minimum atomic E-state index is -0.240. The number of carbonyl (C=O) groups is 1. The molecule has 6 heteroatoms. The van der Waals surface area contributed by atoms with Crippen molar-refractivity contribution < 1.29 is 14.3 Å². The number of aromatic amines is 1. The van der Waals surface area contributed by atoms with Gasteiger partial charge in [-0.05, 0) is 18.2 Å². The Bertz CT molecular complexity index is 704. The van der Waals surface area contributed by atoms with Crippen molar-refractivity contribution in [2.75, 3.05) is 21.3 Å². The molecule has 0 aliphatic carbocycles. The molecule has 0 saturated heterocycles. The largest absolute Gasteiger partial charge is 0.497 e. The molecular formula is C16H18N2O4. The maximum atomic E-state index is 12.3. The number of carbonyl (C=O) groups excluding carboxylic acids is 1. The monoisotopic (exact) mass is 302 g/mol. The summed E-state index contributed by atoms with van der Waals surface area (Å²) in [6.45, 7) is 0.380. The minimum absolute atomic E-state index is 0.186. The zero-order valence-corrected chi connectivity index (χ0v) is 12.8. The second-order valence-corrected chi connectivity index (χ2v) is 4.78. The van der Waals surface area contributed by atoms with Crippen molar-refractivity contribution in [1.82, 2.24) is 9.88 Å². The van der Waals surface area contributed by atoms with Gasteiger partial charge in [0.15, 0.2) is 0 Å². The van der Waals surface area contributed by atoms with Crippen molar-refractivity contribution in [2.24, 2.45) is 0 Å². The van der Waals surface area contributed by atoms with Crippen molar-refractivity contribution in [2.45, 2.75) is 6.54 Å². The van der Waals surface area contributed by atoms with Crippen LogP contribution >= 0.6 is 0 Å². The van der Waals surface area contributed by atoms with Crippen LogP contribution in [0.4, 0.5) is 0 Å². The number of hydrogen-bond acceptors (Lipinski definition) is 4. The molecule has 0 unspecified atom stereocenters. The average molecular weight is 302 g/mol. The van der Waals surface area contributed by atoms with E-state index in [1.807, 2.05) is 12.1 Å². The summed E-state index contributed by atoms with van der Waals surface area (Å²) in [4.78, 5) is 27.4. The van der Waals surface area contributed by atoms with Gasteiger partial charge in [-0.2, -0.15) is 0 Å². The Morgan fingerprint density at radius 2 is 1.95 bits per heavy atom. The smallest absolute Gasteiger partial charge is 0.255 e. The highest BCUT2D eigenvalue weighted by Gasteiger charge is 2.14. The number of amides is 1. The predicted octanol–water partition coefficient (Wildman–Crippen LogP) is 1.66. The van der Waals surface area contributed by atoms with E-state index in [1.54, 1.807) is 32.2 Å². The lowest BCUT2D eigenvalue weighted by Gasteiger charge is -2.19. The van der Waals surface area contributed by atoms with Gasteiger partial charge in [-0.25, -0.2) is 0 Å². The number of nitrogens with zero attached hydrogens (tertiary/aromatic N) is 1. The quantitative estimate of drug-likeness (QED) is 0.912. The van der Waals surface area contributed by atoms with Crippen molar-refractivity contribution in [3.05, 3.63) is 58.0 Å². The van der Waals surface area contributed by atoms with Crippen molar-refractivity contribution in [3.63, 3.8) is 0 Å². The number of aromatic nitrogens is 1. The van der Waals surface area contributed by atoms with Crippen LogP contribution in [0.5, 0.6) is 11.5 Å². The van der Waals surface area contributed by atoms with Crippen LogP contribution in [-0.2, 0) is 6.54 Å². The normalized spacial score (nSPS) is 10.1. The standard InChI is InChI=1S/C16H18N2O4/c1-18(16(20)11-5-7-15(19)17-9-11)10-12-4-6-13(21-2)8-14(12)22-3/h4-9H,10H2,1-3H3,(H,17,19). The van der Waals surface area contributed by atoms with E-state index in [0.717, 1.165) is 5.56 Å². The van der Waals surface area contributed by atoms with Crippen LogP contribution in [-0.4, -0.2) is 37.1 Å². The molecule has 0 saturated carbocycles. The SMILES string of the molecule is COc1ccc(CN(C)C(=O)c2ccc(=O)[nH]c2)c(OC)c1. The van der Waals surface area contributed by atoms with E-state index >= 15 is 0 Å². The summed E-state index contributed by atoms with van der Waals surface area (Å²) in [6.07, 6.45) is 1.41. The van der Waals surface area contributed by atoms with Gasteiger partial charge in [0, 0.05) is 37.5 Å². The molecule has 22 heavy (non-hydrogen) atoms. The third kappa shape index (κ3) is 3.46. The van der Waals surface area contributed by atoms with Gasteiger partial charge in [0.05, 0.1) is 19.8 Å². The number of nitrogens with one attached hydrogen (secondary N) is 1. The van der Waals surface area contributed by atoms with E-state index in [1.165, 1.54) is 18.3 Å². The molecule has 0 aliphatic rings. The Labute approximate surface area is 128 Å². The second-order valence-electron chi connectivity index (χ2n) is 4.78. The summed E-state index contributed by atoms with van der Waals surface area (Å²) in [6, 6.07) is 8.27. The summed E-state index contributed by atoms with van der Waals surface area (Å²) in [5.41, 5.74) is 1.05. The van der Waals surface area contributed by atoms with Crippen LogP contribution in [0.1, 0.15) is 15.9 Å². The fraction of sp³-hybridized carbons (Fsp3) is 0.250. The maximum absolute atomic E-state index is 12.3. The summed E-state index contributed by atoms with van der Waals surface area (Å²) >= 11 is 0. The lowest BCUT2D eigenvalue weighted by molar-refractivity contribution is 0.0783. The van der Waals surface area contributed by atoms with Gasteiger partial charge in [-0.15, -0.1) is 0 Å². The zero-order chi connectivity index (χ0) is 16.1. The van der Waals surface area contributed by atoms with Crippen molar-refractivity contribution in [3.8, 4) is 11.5 Å². The third-order valence-corrected chi connectivity index (χ3v) is 3.28. The van der Waals surface area contributed by atoms with Crippen LogP contribution in [0.15, 0.2) is 41.3 Å². The van der Waals surface area contributed by atoms with Crippen molar-refractivity contribution >= 4 is 5.91 Å². The molecule has 1 N–H and O–H groups in total. The van der Waals surface area contributed by atoms with E-state index in [-0.39, 0.29) is 11.5 Å². The first kappa shape index (κ1) is 15.6. The van der Waals surface area contributed by atoms with Crippen LogP contribution in [0.3, 0.4) is 0 Å².